The van der Waals surface area contributed by atoms with E-state index in [1.54, 1.807) is 0 Å². The molecule has 2 aliphatic heterocycles. The van der Waals surface area contributed by atoms with Gasteiger partial charge in [0.2, 0.25) is 0 Å². The van der Waals surface area contributed by atoms with E-state index >= 15 is 0 Å². The summed E-state index contributed by atoms with van der Waals surface area (Å²) in [4.78, 5) is 2.42. The van der Waals surface area contributed by atoms with E-state index in [0.717, 1.165) is 12.6 Å². The van der Waals surface area contributed by atoms with Crippen molar-refractivity contribution in [3.8, 4) is 0 Å². The van der Waals surface area contributed by atoms with Crippen molar-refractivity contribution in [1.29, 1.82) is 0 Å². The van der Waals surface area contributed by atoms with E-state index in [0.29, 0.717) is 6.61 Å². The molecule has 0 radical (unpaired) electrons. The normalized spacial score (nSPS) is 44.7. The van der Waals surface area contributed by atoms with Crippen molar-refractivity contribution in [2.75, 3.05) is 20.2 Å². The summed E-state index contributed by atoms with van der Waals surface area (Å²) in [6, 6.07) is 0.823. The molecule has 2 heteroatoms. The second kappa shape index (κ2) is 2.46. The zero-order valence-electron chi connectivity index (χ0n) is 7.21. The summed E-state index contributed by atoms with van der Waals surface area (Å²) in [5.74, 6) is 0. The fourth-order valence-corrected chi connectivity index (χ4v) is 2.68. The second-order valence-corrected chi connectivity index (χ2v) is 4.30. The molecule has 3 rings (SSSR count). The number of piperidine rings is 2. The van der Waals surface area contributed by atoms with Gasteiger partial charge in [0.25, 0.3) is 0 Å². The summed E-state index contributed by atoms with van der Waals surface area (Å²) in [7, 11) is 2.19. The van der Waals surface area contributed by atoms with Gasteiger partial charge in [0.05, 0.1) is 0 Å². The molecule has 0 aromatic carbocycles. The zero-order chi connectivity index (χ0) is 7.90. The Bertz CT molecular complexity index is 150. The molecule has 11 heavy (non-hydrogen) atoms. The van der Waals surface area contributed by atoms with E-state index in [4.69, 9.17) is 0 Å². The molecular weight excluding hydrogens is 138 g/mol. The molecule has 3 aliphatic rings. The minimum atomic E-state index is 0.281. The Hall–Kier alpha value is -0.0800. The maximum atomic E-state index is 9.26. The van der Waals surface area contributed by atoms with Gasteiger partial charge in [-0.05, 0) is 32.7 Å². The molecule has 0 amide bonds. The minimum Gasteiger partial charge on any atom is -0.396 e. The number of aliphatic hydroxyl groups is 1. The lowest BCUT2D eigenvalue weighted by Gasteiger charge is -2.50. The maximum Gasteiger partial charge on any atom is 0.0499 e. The Morgan fingerprint density at radius 3 is 2.45 bits per heavy atom. The van der Waals surface area contributed by atoms with Crippen LogP contribution >= 0.6 is 0 Å². The van der Waals surface area contributed by atoms with Crippen molar-refractivity contribution in [1.82, 2.24) is 4.90 Å². The fraction of sp³-hybridized carbons (Fsp3) is 1.00. The number of rotatable bonds is 1. The molecule has 64 valence electrons. The summed E-state index contributed by atoms with van der Waals surface area (Å²) in [6.45, 7) is 1.51. The molecule has 0 unspecified atom stereocenters. The van der Waals surface area contributed by atoms with Gasteiger partial charge in [-0.2, -0.15) is 0 Å². The zero-order valence-corrected chi connectivity index (χ0v) is 7.21. The largest absolute Gasteiger partial charge is 0.396 e. The standard InChI is InChI=1S/C9H17NO/c1-10-6-9(7-11)4-2-8(10)3-5-9/h8,11H,2-7H2,1H3. The average molecular weight is 155 g/mol. The summed E-state index contributed by atoms with van der Waals surface area (Å²) < 4.78 is 0. The average Bonchev–Trinajstić information content (AvgIpc) is 2.06. The van der Waals surface area contributed by atoms with Gasteiger partial charge in [-0.15, -0.1) is 0 Å². The van der Waals surface area contributed by atoms with Crippen molar-refractivity contribution in [3.05, 3.63) is 0 Å². The molecule has 1 aliphatic carbocycles. The Balaban J connectivity index is 2.12. The highest BCUT2D eigenvalue weighted by molar-refractivity contribution is 4.96. The molecule has 3 fully saturated rings. The van der Waals surface area contributed by atoms with E-state index in [1.165, 1.54) is 25.7 Å². The fourth-order valence-electron chi connectivity index (χ4n) is 2.68. The molecule has 0 atom stereocenters. The molecule has 1 saturated carbocycles. The highest BCUT2D eigenvalue weighted by Crippen LogP contribution is 2.43. The van der Waals surface area contributed by atoms with Crippen LogP contribution in [0.2, 0.25) is 0 Å². The van der Waals surface area contributed by atoms with Crippen molar-refractivity contribution >= 4 is 0 Å². The van der Waals surface area contributed by atoms with E-state index < -0.39 is 0 Å². The third kappa shape index (κ3) is 1.09. The first kappa shape index (κ1) is 7.56. The third-order valence-electron chi connectivity index (χ3n) is 3.56. The Morgan fingerprint density at radius 1 is 1.45 bits per heavy atom. The third-order valence-corrected chi connectivity index (χ3v) is 3.56. The van der Waals surface area contributed by atoms with Gasteiger partial charge < -0.3 is 10.0 Å². The van der Waals surface area contributed by atoms with Gasteiger partial charge in [-0.25, -0.2) is 0 Å². The molecule has 1 N–H and O–H groups in total. The molecule has 0 spiro atoms. The lowest BCUT2D eigenvalue weighted by atomic mass is 9.68. The van der Waals surface area contributed by atoms with Crippen LogP contribution in [0.25, 0.3) is 0 Å². The van der Waals surface area contributed by atoms with Crippen molar-refractivity contribution < 1.29 is 5.11 Å². The monoisotopic (exact) mass is 155 g/mol. The SMILES string of the molecule is CN1CC2(CO)CCC1CC2. The van der Waals surface area contributed by atoms with Crippen LogP contribution in [-0.4, -0.2) is 36.2 Å². The van der Waals surface area contributed by atoms with Crippen LogP contribution in [0.15, 0.2) is 0 Å². The van der Waals surface area contributed by atoms with Crippen LogP contribution in [0.4, 0.5) is 0 Å². The number of nitrogens with zero attached hydrogens (tertiary/aromatic N) is 1. The van der Waals surface area contributed by atoms with Gasteiger partial charge in [0.15, 0.2) is 0 Å². The molecule has 2 saturated heterocycles. The molecule has 2 bridgehead atoms. The summed E-state index contributed by atoms with van der Waals surface area (Å²) in [5, 5.41) is 9.26. The minimum absolute atomic E-state index is 0.281. The predicted molar refractivity (Wildman–Crippen MR) is 44.4 cm³/mol. The van der Waals surface area contributed by atoms with Gasteiger partial charge in [-0.1, -0.05) is 0 Å². The highest BCUT2D eigenvalue weighted by atomic mass is 16.3. The van der Waals surface area contributed by atoms with Gasteiger partial charge >= 0.3 is 0 Å². The molecule has 2 heterocycles. The molecular formula is C9H17NO. The highest BCUT2D eigenvalue weighted by Gasteiger charge is 2.42. The van der Waals surface area contributed by atoms with E-state index in [2.05, 4.69) is 11.9 Å². The van der Waals surface area contributed by atoms with Crippen LogP contribution in [-0.2, 0) is 0 Å². The van der Waals surface area contributed by atoms with E-state index in [9.17, 15) is 5.11 Å². The van der Waals surface area contributed by atoms with Gasteiger partial charge in [0, 0.05) is 24.6 Å². The van der Waals surface area contributed by atoms with Gasteiger partial charge in [0.1, 0.15) is 0 Å². The number of fused-ring (bicyclic) bond motifs is 3. The smallest absolute Gasteiger partial charge is 0.0499 e. The first-order valence-electron chi connectivity index (χ1n) is 4.57. The Labute approximate surface area is 68.2 Å². The molecule has 0 aromatic rings. The predicted octanol–water partition coefficient (Wildman–Crippen LogP) is 0.853. The lowest BCUT2D eigenvalue weighted by Crippen LogP contribution is -2.53. The number of aliphatic hydroxyl groups excluding tert-OH is 1. The van der Waals surface area contributed by atoms with Crippen LogP contribution in [0, 0.1) is 5.41 Å². The van der Waals surface area contributed by atoms with E-state index in [1.807, 2.05) is 0 Å². The topological polar surface area (TPSA) is 23.5 Å². The van der Waals surface area contributed by atoms with Crippen molar-refractivity contribution in [2.24, 2.45) is 5.41 Å². The summed E-state index contributed by atoms with van der Waals surface area (Å²) in [6.07, 6.45) is 5.10. The second-order valence-electron chi connectivity index (χ2n) is 4.30. The van der Waals surface area contributed by atoms with Crippen molar-refractivity contribution in [2.45, 2.75) is 31.7 Å². The summed E-state index contributed by atoms with van der Waals surface area (Å²) >= 11 is 0. The first-order valence-corrected chi connectivity index (χ1v) is 4.57. The maximum absolute atomic E-state index is 9.26. The number of hydrogen-bond donors (Lipinski definition) is 1. The molecule has 2 nitrogen and oxygen atoms in total. The van der Waals surface area contributed by atoms with E-state index in [-0.39, 0.29) is 5.41 Å². The number of hydrogen-bond acceptors (Lipinski definition) is 2. The van der Waals surface area contributed by atoms with Crippen LogP contribution in [0.5, 0.6) is 0 Å². The van der Waals surface area contributed by atoms with Crippen LogP contribution in [0.3, 0.4) is 0 Å². The lowest BCUT2D eigenvalue weighted by molar-refractivity contribution is -0.0387. The Morgan fingerprint density at radius 2 is 2.09 bits per heavy atom. The Kier molecular flexibility index (Phi) is 1.69. The first-order chi connectivity index (χ1) is 5.26. The van der Waals surface area contributed by atoms with Crippen molar-refractivity contribution in [3.63, 3.8) is 0 Å². The van der Waals surface area contributed by atoms with Crippen LogP contribution in [0.1, 0.15) is 25.7 Å². The van der Waals surface area contributed by atoms with Crippen LogP contribution < -0.4 is 0 Å². The summed E-state index contributed by atoms with van der Waals surface area (Å²) in [5.41, 5.74) is 0.281. The van der Waals surface area contributed by atoms with Gasteiger partial charge in [-0.3, -0.25) is 0 Å². The quantitative estimate of drug-likeness (QED) is 0.607. The molecule has 0 aromatic heterocycles.